The second-order valence-corrected chi connectivity index (χ2v) is 8.37. The first-order chi connectivity index (χ1) is 11.3. The van der Waals surface area contributed by atoms with Gasteiger partial charge in [-0.3, -0.25) is 4.79 Å². The van der Waals surface area contributed by atoms with E-state index in [1.54, 1.807) is 11.0 Å². The molecule has 0 radical (unpaired) electrons. The van der Waals surface area contributed by atoms with Crippen LogP contribution in [0.4, 0.5) is 0 Å². The van der Waals surface area contributed by atoms with Gasteiger partial charge in [0.15, 0.2) is 0 Å². The van der Waals surface area contributed by atoms with Gasteiger partial charge in [0.2, 0.25) is 15.9 Å². The summed E-state index contributed by atoms with van der Waals surface area (Å²) in [6.45, 7) is 3.00. The average Bonchev–Trinajstić information content (AvgIpc) is 2.56. The summed E-state index contributed by atoms with van der Waals surface area (Å²) in [5.41, 5.74) is 5.85. The number of sulfonamides is 1. The van der Waals surface area contributed by atoms with Gasteiger partial charge in [0.1, 0.15) is 4.90 Å². The van der Waals surface area contributed by atoms with Gasteiger partial charge in [-0.1, -0.05) is 42.6 Å². The first-order valence-corrected chi connectivity index (χ1v) is 9.97. The standard InChI is InChI=1S/C15H21Cl2N3O3S.ClH/c1-2-4-12(18)15(21)19-7-9-20(10-8-19)24(22,23)13-6-3-5-11(16)14(13)17;/h3,5-6,12H,2,4,7-10,18H2,1H3;1H. The lowest BCUT2D eigenvalue weighted by Crippen LogP contribution is -2.54. The molecule has 1 aromatic carbocycles. The lowest BCUT2D eigenvalue weighted by atomic mass is 10.1. The number of hydrogen-bond donors (Lipinski definition) is 1. The molecule has 2 N–H and O–H groups in total. The SMILES string of the molecule is CCCC(N)C(=O)N1CCN(S(=O)(=O)c2cccc(Cl)c2Cl)CC1.Cl. The van der Waals surface area contributed by atoms with Gasteiger partial charge in [0, 0.05) is 26.2 Å². The number of hydrogen-bond acceptors (Lipinski definition) is 4. The number of rotatable bonds is 5. The van der Waals surface area contributed by atoms with E-state index in [4.69, 9.17) is 28.9 Å². The third-order valence-electron chi connectivity index (χ3n) is 4.00. The summed E-state index contributed by atoms with van der Waals surface area (Å²) >= 11 is 11.9. The fraction of sp³-hybridized carbons (Fsp3) is 0.533. The van der Waals surface area contributed by atoms with Crippen LogP contribution in [0.3, 0.4) is 0 Å². The van der Waals surface area contributed by atoms with Crippen LogP contribution in [-0.4, -0.2) is 55.8 Å². The number of carbonyl (C=O) groups is 1. The number of piperazine rings is 1. The van der Waals surface area contributed by atoms with E-state index in [0.717, 1.165) is 6.42 Å². The molecule has 1 aromatic rings. The quantitative estimate of drug-likeness (QED) is 0.777. The molecule has 0 bridgehead atoms. The molecule has 1 saturated heterocycles. The Morgan fingerprint density at radius 3 is 2.40 bits per heavy atom. The zero-order chi connectivity index (χ0) is 17.9. The second kappa shape index (κ2) is 9.39. The van der Waals surface area contributed by atoms with Gasteiger partial charge in [-0.15, -0.1) is 12.4 Å². The van der Waals surface area contributed by atoms with E-state index in [1.807, 2.05) is 6.92 Å². The molecule has 2 rings (SSSR count). The Morgan fingerprint density at radius 2 is 1.84 bits per heavy atom. The van der Waals surface area contributed by atoms with Crippen molar-refractivity contribution in [3.8, 4) is 0 Å². The van der Waals surface area contributed by atoms with Crippen LogP contribution < -0.4 is 5.73 Å². The molecule has 0 saturated carbocycles. The van der Waals surface area contributed by atoms with Gasteiger partial charge in [0.05, 0.1) is 16.1 Å². The highest BCUT2D eigenvalue weighted by atomic mass is 35.5. The van der Waals surface area contributed by atoms with Gasteiger partial charge in [-0.25, -0.2) is 8.42 Å². The molecule has 1 unspecified atom stereocenters. The number of carbonyl (C=O) groups excluding carboxylic acids is 1. The maximum atomic E-state index is 12.7. The number of amides is 1. The summed E-state index contributed by atoms with van der Waals surface area (Å²) in [7, 11) is -3.75. The number of nitrogens with two attached hydrogens (primary N) is 1. The van der Waals surface area contributed by atoms with Crippen LogP contribution >= 0.6 is 35.6 Å². The summed E-state index contributed by atoms with van der Waals surface area (Å²) in [6, 6.07) is 3.98. The van der Waals surface area contributed by atoms with E-state index in [2.05, 4.69) is 0 Å². The Balaban J connectivity index is 0.00000312. The maximum Gasteiger partial charge on any atom is 0.244 e. The molecule has 6 nitrogen and oxygen atoms in total. The number of halogens is 3. The summed E-state index contributed by atoms with van der Waals surface area (Å²) in [5.74, 6) is -0.130. The minimum atomic E-state index is -3.75. The Labute approximate surface area is 164 Å². The topological polar surface area (TPSA) is 83.7 Å². The van der Waals surface area contributed by atoms with Crippen LogP contribution in [0.1, 0.15) is 19.8 Å². The van der Waals surface area contributed by atoms with Crippen molar-refractivity contribution in [2.24, 2.45) is 5.73 Å². The third-order valence-corrected chi connectivity index (χ3v) is 6.87. The molecular formula is C15H22Cl3N3O3S. The van der Waals surface area contributed by atoms with Crippen molar-refractivity contribution in [2.75, 3.05) is 26.2 Å². The Morgan fingerprint density at radius 1 is 1.24 bits per heavy atom. The summed E-state index contributed by atoms with van der Waals surface area (Å²) < 4.78 is 26.8. The molecule has 10 heteroatoms. The zero-order valence-corrected chi connectivity index (χ0v) is 17.0. The minimum Gasteiger partial charge on any atom is -0.339 e. The minimum absolute atomic E-state index is 0. The molecule has 25 heavy (non-hydrogen) atoms. The summed E-state index contributed by atoms with van der Waals surface area (Å²) in [4.78, 5) is 13.8. The zero-order valence-electron chi connectivity index (χ0n) is 13.8. The molecule has 0 aliphatic carbocycles. The molecule has 1 amide bonds. The first kappa shape index (κ1) is 22.5. The molecule has 0 spiro atoms. The van der Waals surface area contributed by atoms with Crippen molar-refractivity contribution >= 4 is 51.5 Å². The summed E-state index contributed by atoms with van der Waals surface area (Å²) in [6.07, 6.45) is 1.45. The van der Waals surface area contributed by atoms with E-state index in [-0.39, 0.29) is 46.3 Å². The van der Waals surface area contributed by atoms with Crippen LogP contribution in [0.2, 0.25) is 10.0 Å². The van der Waals surface area contributed by atoms with Crippen molar-refractivity contribution < 1.29 is 13.2 Å². The van der Waals surface area contributed by atoms with E-state index in [1.165, 1.54) is 16.4 Å². The molecule has 142 valence electrons. The van der Waals surface area contributed by atoms with Gasteiger partial charge in [-0.2, -0.15) is 4.31 Å². The van der Waals surface area contributed by atoms with Crippen molar-refractivity contribution in [3.63, 3.8) is 0 Å². The molecule has 1 heterocycles. The number of benzene rings is 1. The van der Waals surface area contributed by atoms with Gasteiger partial charge in [0.25, 0.3) is 0 Å². The van der Waals surface area contributed by atoms with Crippen molar-refractivity contribution in [1.29, 1.82) is 0 Å². The van der Waals surface area contributed by atoms with Crippen molar-refractivity contribution in [1.82, 2.24) is 9.21 Å². The van der Waals surface area contributed by atoms with Crippen LogP contribution in [0.25, 0.3) is 0 Å². The van der Waals surface area contributed by atoms with Crippen molar-refractivity contribution in [2.45, 2.75) is 30.7 Å². The normalized spacial score (nSPS) is 17.0. The number of nitrogens with zero attached hydrogens (tertiary/aromatic N) is 2. The van der Waals surface area contributed by atoms with Crippen LogP contribution in [0.15, 0.2) is 23.1 Å². The first-order valence-electron chi connectivity index (χ1n) is 7.77. The van der Waals surface area contributed by atoms with E-state index >= 15 is 0 Å². The highest BCUT2D eigenvalue weighted by Gasteiger charge is 2.32. The molecule has 1 aliphatic heterocycles. The fourth-order valence-corrected chi connectivity index (χ4v) is 4.80. The smallest absolute Gasteiger partial charge is 0.244 e. The average molecular weight is 431 g/mol. The maximum absolute atomic E-state index is 12.7. The van der Waals surface area contributed by atoms with E-state index in [9.17, 15) is 13.2 Å². The molecule has 0 aromatic heterocycles. The van der Waals surface area contributed by atoms with Gasteiger partial charge in [-0.05, 0) is 18.6 Å². The largest absolute Gasteiger partial charge is 0.339 e. The Hall–Kier alpha value is -0.570. The van der Waals surface area contributed by atoms with Crippen molar-refractivity contribution in [3.05, 3.63) is 28.2 Å². The summed E-state index contributed by atoms with van der Waals surface area (Å²) in [5, 5.41) is 0.208. The van der Waals surface area contributed by atoms with E-state index in [0.29, 0.717) is 19.5 Å². The fourth-order valence-electron chi connectivity index (χ4n) is 2.64. The monoisotopic (exact) mass is 429 g/mol. The third kappa shape index (κ3) is 4.99. The molecular weight excluding hydrogens is 409 g/mol. The Kier molecular flexibility index (Phi) is 8.44. The molecule has 1 atom stereocenters. The van der Waals surface area contributed by atoms with Crippen LogP contribution in [0.5, 0.6) is 0 Å². The lowest BCUT2D eigenvalue weighted by molar-refractivity contribution is -0.133. The highest BCUT2D eigenvalue weighted by molar-refractivity contribution is 7.89. The molecule has 1 fully saturated rings. The Bertz CT molecular complexity index is 707. The van der Waals surface area contributed by atoms with Crippen LogP contribution in [-0.2, 0) is 14.8 Å². The van der Waals surface area contributed by atoms with Gasteiger partial charge < -0.3 is 10.6 Å². The highest BCUT2D eigenvalue weighted by Crippen LogP contribution is 2.31. The second-order valence-electron chi connectivity index (χ2n) is 5.68. The van der Waals surface area contributed by atoms with E-state index < -0.39 is 16.1 Å². The van der Waals surface area contributed by atoms with Gasteiger partial charge >= 0.3 is 0 Å². The lowest BCUT2D eigenvalue weighted by Gasteiger charge is -2.35. The molecule has 1 aliphatic rings. The van der Waals surface area contributed by atoms with Crippen LogP contribution in [0, 0.1) is 0 Å². The predicted octanol–water partition coefficient (Wildman–Crippen LogP) is 2.38. The predicted molar refractivity (Wildman–Crippen MR) is 102 cm³/mol.